The van der Waals surface area contributed by atoms with E-state index in [0.717, 1.165) is 37.7 Å². The summed E-state index contributed by atoms with van der Waals surface area (Å²) in [5.74, 6) is 0.764. The van der Waals surface area contributed by atoms with Crippen LogP contribution in [0.15, 0.2) is 0 Å². The van der Waals surface area contributed by atoms with Gasteiger partial charge < -0.3 is 9.47 Å². The number of hydrogen-bond donors (Lipinski definition) is 0. The molecule has 0 aliphatic carbocycles. The molecule has 0 aromatic heterocycles. The topological polar surface area (TPSA) is 18.5 Å². The van der Waals surface area contributed by atoms with Crippen molar-refractivity contribution in [2.75, 3.05) is 31.8 Å². The molecule has 1 heterocycles. The van der Waals surface area contributed by atoms with Crippen LogP contribution in [0, 0.1) is 11.3 Å². The molecular weight excluding hydrogens is 244 g/mol. The molecule has 1 aliphatic heterocycles. The molecule has 0 radical (unpaired) electrons. The lowest BCUT2D eigenvalue weighted by Gasteiger charge is -2.37. The zero-order chi connectivity index (χ0) is 10.4. The molecule has 1 atom stereocenters. The molecule has 0 aromatic rings. The summed E-state index contributed by atoms with van der Waals surface area (Å²) in [4.78, 5) is 0. The minimum absolute atomic E-state index is 0.304. The van der Waals surface area contributed by atoms with Gasteiger partial charge in [-0.05, 0) is 18.8 Å². The van der Waals surface area contributed by atoms with E-state index in [1.54, 1.807) is 0 Å². The Kier molecular flexibility index (Phi) is 5.42. The van der Waals surface area contributed by atoms with Gasteiger partial charge in [-0.2, -0.15) is 0 Å². The van der Waals surface area contributed by atoms with E-state index >= 15 is 0 Å². The molecule has 0 amide bonds. The van der Waals surface area contributed by atoms with Gasteiger partial charge in [0.05, 0.1) is 19.8 Å². The predicted octanol–water partition coefficient (Wildman–Crippen LogP) is 2.85. The maximum Gasteiger partial charge on any atom is 0.0564 e. The van der Waals surface area contributed by atoms with E-state index in [1.807, 2.05) is 0 Å². The van der Waals surface area contributed by atoms with Crippen LogP contribution in [0.1, 0.15) is 26.7 Å². The maximum absolute atomic E-state index is 5.66. The van der Waals surface area contributed by atoms with Gasteiger partial charge in [0.2, 0.25) is 0 Å². The molecule has 1 aliphatic rings. The zero-order valence-corrected chi connectivity index (χ0v) is 10.8. The van der Waals surface area contributed by atoms with Gasteiger partial charge in [-0.25, -0.2) is 0 Å². The molecule has 2 nitrogen and oxygen atoms in total. The van der Waals surface area contributed by atoms with Crippen molar-refractivity contribution in [3.05, 3.63) is 0 Å². The molecule has 14 heavy (non-hydrogen) atoms. The standard InChI is InChI=1S/C11H21BrO2/c1-10(3-5-12)4-6-13-7-11(2)8-14-9-11/h10H,3-9H2,1-2H3. The highest BCUT2D eigenvalue weighted by atomic mass is 79.9. The van der Waals surface area contributed by atoms with Crippen LogP contribution < -0.4 is 0 Å². The third kappa shape index (κ3) is 4.28. The van der Waals surface area contributed by atoms with Crippen molar-refractivity contribution in [3.63, 3.8) is 0 Å². The molecule has 0 saturated carbocycles. The number of hydrogen-bond acceptors (Lipinski definition) is 2. The van der Waals surface area contributed by atoms with E-state index in [9.17, 15) is 0 Å². The normalized spacial score (nSPS) is 21.6. The van der Waals surface area contributed by atoms with Gasteiger partial charge in [0, 0.05) is 17.4 Å². The molecule has 0 spiro atoms. The van der Waals surface area contributed by atoms with Crippen molar-refractivity contribution in [2.45, 2.75) is 26.7 Å². The summed E-state index contributed by atoms with van der Waals surface area (Å²) < 4.78 is 10.8. The minimum Gasteiger partial charge on any atom is -0.381 e. The molecule has 1 fully saturated rings. The van der Waals surface area contributed by atoms with Crippen molar-refractivity contribution in [1.29, 1.82) is 0 Å². The van der Waals surface area contributed by atoms with Crippen molar-refractivity contribution >= 4 is 15.9 Å². The highest BCUT2D eigenvalue weighted by Gasteiger charge is 2.33. The molecule has 3 heteroatoms. The first kappa shape index (κ1) is 12.5. The second-order valence-corrected chi connectivity index (χ2v) is 5.52. The van der Waals surface area contributed by atoms with Crippen LogP contribution in [0.5, 0.6) is 0 Å². The van der Waals surface area contributed by atoms with E-state index in [1.165, 1.54) is 12.8 Å². The van der Waals surface area contributed by atoms with Gasteiger partial charge in [-0.3, -0.25) is 0 Å². The Morgan fingerprint density at radius 3 is 2.64 bits per heavy atom. The van der Waals surface area contributed by atoms with E-state index in [4.69, 9.17) is 9.47 Å². The van der Waals surface area contributed by atoms with Crippen LogP contribution in [0.4, 0.5) is 0 Å². The molecule has 1 saturated heterocycles. The predicted molar refractivity (Wildman–Crippen MR) is 61.9 cm³/mol. The highest BCUT2D eigenvalue weighted by molar-refractivity contribution is 9.09. The smallest absolute Gasteiger partial charge is 0.0564 e. The molecule has 84 valence electrons. The lowest BCUT2D eigenvalue weighted by molar-refractivity contribution is -0.138. The van der Waals surface area contributed by atoms with Crippen LogP contribution in [-0.4, -0.2) is 31.8 Å². The van der Waals surface area contributed by atoms with Crippen LogP contribution in [0.3, 0.4) is 0 Å². The summed E-state index contributed by atoms with van der Waals surface area (Å²) >= 11 is 3.45. The fourth-order valence-electron chi connectivity index (χ4n) is 1.47. The average Bonchev–Trinajstić information content (AvgIpc) is 2.10. The number of halogens is 1. The summed E-state index contributed by atoms with van der Waals surface area (Å²) in [5.41, 5.74) is 0.304. The molecule has 1 unspecified atom stereocenters. The van der Waals surface area contributed by atoms with E-state index in [0.29, 0.717) is 5.41 Å². The first-order chi connectivity index (χ1) is 6.66. The second kappa shape index (κ2) is 6.09. The Balaban J connectivity index is 1.93. The van der Waals surface area contributed by atoms with Gasteiger partial charge in [0.15, 0.2) is 0 Å². The number of ether oxygens (including phenoxy) is 2. The first-order valence-electron chi connectivity index (χ1n) is 5.38. The molecule has 0 N–H and O–H groups in total. The average molecular weight is 265 g/mol. The SMILES string of the molecule is CC(CCBr)CCOCC1(C)COC1. The lowest BCUT2D eigenvalue weighted by atomic mass is 9.90. The Hall–Kier alpha value is 0.400. The number of alkyl halides is 1. The molecule has 1 rings (SSSR count). The lowest BCUT2D eigenvalue weighted by Crippen LogP contribution is -2.43. The monoisotopic (exact) mass is 264 g/mol. The summed E-state index contributed by atoms with van der Waals surface area (Å²) in [7, 11) is 0. The largest absolute Gasteiger partial charge is 0.381 e. The van der Waals surface area contributed by atoms with Crippen LogP contribution in [0.25, 0.3) is 0 Å². The third-order valence-electron chi connectivity index (χ3n) is 2.71. The van der Waals surface area contributed by atoms with Crippen molar-refractivity contribution in [2.24, 2.45) is 11.3 Å². The quantitative estimate of drug-likeness (QED) is 0.520. The minimum atomic E-state index is 0.304. The Morgan fingerprint density at radius 1 is 1.43 bits per heavy atom. The Morgan fingerprint density at radius 2 is 2.14 bits per heavy atom. The van der Waals surface area contributed by atoms with Crippen molar-refractivity contribution in [1.82, 2.24) is 0 Å². The summed E-state index contributed by atoms with van der Waals surface area (Å²) in [6.45, 7) is 7.98. The van der Waals surface area contributed by atoms with Gasteiger partial charge in [0.25, 0.3) is 0 Å². The summed E-state index contributed by atoms with van der Waals surface area (Å²) in [6.07, 6.45) is 2.41. The summed E-state index contributed by atoms with van der Waals surface area (Å²) in [6, 6.07) is 0. The third-order valence-corrected chi connectivity index (χ3v) is 3.17. The Bertz CT molecular complexity index is 157. The second-order valence-electron chi connectivity index (χ2n) is 4.73. The van der Waals surface area contributed by atoms with Gasteiger partial charge in [-0.1, -0.05) is 29.8 Å². The van der Waals surface area contributed by atoms with Gasteiger partial charge in [0.1, 0.15) is 0 Å². The molecular formula is C11H21BrO2. The fraction of sp³-hybridized carbons (Fsp3) is 1.00. The first-order valence-corrected chi connectivity index (χ1v) is 6.50. The van der Waals surface area contributed by atoms with Crippen molar-refractivity contribution < 1.29 is 9.47 Å². The molecule has 0 aromatic carbocycles. The van der Waals surface area contributed by atoms with Crippen LogP contribution in [-0.2, 0) is 9.47 Å². The number of rotatable bonds is 7. The van der Waals surface area contributed by atoms with Gasteiger partial charge in [-0.15, -0.1) is 0 Å². The van der Waals surface area contributed by atoms with Crippen molar-refractivity contribution in [3.8, 4) is 0 Å². The van der Waals surface area contributed by atoms with E-state index < -0.39 is 0 Å². The van der Waals surface area contributed by atoms with Gasteiger partial charge >= 0.3 is 0 Å². The zero-order valence-electron chi connectivity index (χ0n) is 9.22. The highest BCUT2D eigenvalue weighted by Crippen LogP contribution is 2.26. The van der Waals surface area contributed by atoms with E-state index in [-0.39, 0.29) is 0 Å². The fourth-order valence-corrected chi connectivity index (χ4v) is 2.25. The maximum atomic E-state index is 5.66. The molecule has 0 bridgehead atoms. The van der Waals surface area contributed by atoms with Crippen LogP contribution in [0.2, 0.25) is 0 Å². The summed E-state index contributed by atoms with van der Waals surface area (Å²) in [5, 5.41) is 1.10. The van der Waals surface area contributed by atoms with E-state index in [2.05, 4.69) is 29.8 Å². The Labute approximate surface area is 95.5 Å². The van der Waals surface area contributed by atoms with Crippen LogP contribution >= 0.6 is 15.9 Å².